The lowest BCUT2D eigenvalue weighted by Gasteiger charge is -2.24. The van der Waals surface area contributed by atoms with Crippen molar-refractivity contribution in [2.45, 2.75) is 35.4 Å². The number of aliphatic carboxylic acids is 1. The van der Waals surface area contributed by atoms with Crippen molar-refractivity contribution in [2.24, 2.45) is 0 Å². The maximum absolute atomic E-state index is 12.6. The van der Waals surface area contributed by atoms with Gasteiger partial charge >= 0.3 is 12.0 Å². The molecule has 2 amide bonds. The van der Waals surface area contributed by atoms with E-state index in [2.05, 4.69) is 32.3 Å². The van der Waals surface area contributed by atoms with Gasteiger partial charge in [0.05, 0.1) is 21.2 Å². The molecular formula is C18H19BrClN3O3S2. The van der Waals surface area contributed by atoms with Gasteiger partial charge in [0.15, 0.2) is 5.13 Å². The topological polar surface area (TPSA) is 82.5 Å². The number of carboxylic acids is 1. The maximum Gasteiger partial charge on any atom is 0.323 e. The number of amides is 2. The van der Waals surface area contributed by atoms with Crippen molar-refractivity contribution in [3.63, 3.8) is 0 Å². The molecule has 6 nitrogen and oxygen atoms in total. The fourth-order valence-electron chi connectivity index (χ4n) is 3.24. The molecule has 1 aromatic carbocycles. The molecule has 0 radical (unpaired) electrons. The Hall–Kier alpha value is -1.29. The Bertz CT molecular complexity index is 880. The predicted octanol–water partition coefficient (Wildman–Crippen LogP) is 5.54. The lowest BCUT2D eigenvalue weighted by Crippen LogP contribution is -2.38. The zero-order valence-electron chi connectivity index (χ0n) is 15.0. The Morgan fingerprint density at radius 1 is 1.46 bits per heavy atom. The van der Waals surface area contributed by atoms with Crippen molar-refractivity contribution >= 4 is 67.8 Å². The maximum atomic E-state index is 12.6. The van der Waals surface area contributed by atoms with E-state index in [0.717, 1.165) is 27.9 Å². The minimum Gasteiger partial charge on any atom is -0.481 e. The van der Waals surface area contributed by atoms with Crippen LogP contribution in [0, 0.1) is 0 Å². The summed E-state index contributed by atoms with van der Waals surface area (Å²) in [7, 11) is 1.80. The number of hydrogen-bond acceptors (Lipinski definition) is 5. The fourth-order valence-corrected chi connectivity index (χ4v) is 5.26. The second-order valence-corrected chi connectivity index (χ2v) is 10.1. The predicted molar refractivity (Wildman–Crippen MR) is 117 cm³/mol. The molecule has 10 heteroatoms. The molecule has 1 aromatic heterocycles. The fraction of sp³-hybridized carbons (Fsp3) is 0.389. The van der Waals surface area contributed by atoms with Crippen molar-refractivity contribution in [3.8, 4) is 0 Å². The summed E-state index contributed by atoms with van der Waals surface area (Å²) in [6.45, 7) is 0. The number of carbonyl (C=O) groups is 2. The van der Waals surface area contributed by atoms with E-state index in [1.807, 2.05) is 12.1 Å². The van der Waals surface area contributed by atoms with E-state index in [1.54, 1.807) is 18.1 Å². The Labute approximate surface area is 184 Å². The largest absolute Gasteiger partial charge is 0.481 e. The number of hydrogen-bond donors (Lipinski definition) is 2. The number of aromatic nitrogens is 1. The van der Waals surface area contributed by atoms with Crippen LogP contribution in [-0.4, -0.2) is 45.8 Å². The molecule has 2 atom stereocenters. The van der Waals surface area contributed by atoms with E-state index < -0.39 is 5.97 Å². The first kappa shape index (κ1) is 21.4. The van der Waals surface area contributed by atoms with E-state index in [-0.39, 0.29) is 17.8 Å². The number of thioether (sulfide) groups is 1. The Kier molecular flexibility index (Phi) is 7.25. The molecular weight excluding hydrogens is 486 g/mol. The van der Waals surface area contributed by atoms with E-state index in [4.69, 9.17) is 16.7 Å². The summed E-state index contributed by atoms with van der Waals surface area (Å²) in [5.74, 6) is -0.532. The molecule has 0 aliphatic heterocycles. The molecule has 0 saturated heterocycles. The molecule has 0 spiro atoms. The number of rotatable bonds is 6. The molecule has 1 aliphatic rings. The third kappa shape index (κ3) is 5.40. The lowest BCUT2D eigenvalue weighted by molar-refractivity contribution is -0.133. The van der Waals surface area contributed by atoms with Gasteiger partial charge in [0.1, 0.15) is 0 Å². The zero-order chi connectivity index (χ0) is 20.3. The molecule has 150 valence electrons. The first-order chi connectivity index (χ1) is 13.3. The highest BCUT2D eigenvalue weighted by Gasteiger charge is 2.31. The van der Waals surface area contributed by atoms with Crippen molar-refractivity contribution in [2.75, 3.05) is 18.1 Å². The van der Waals surface area contributed by atoms with Crippen LogP contribution < -0.4 is 5.32 Å². The SMILES string of the molecule is CN(C(=O)Nc1ncc(SCC(=O)O)s1)C1CCC(c2ccc(Br)c(Cl)c2)C1. The molecule has 1 heterocycles. The summed E-state index contributed by atoms with van der Waals surface area (Å²) in [6.07, 6.45) is 4.41. The van der Waals surface area contributed by atoms with Crippen LogP contribution in [0.3, 0.4) is 0 Å². The van der Waals surface area contributed by atoms with E-state index in [0.29, 0.717) is 16.1 Å². The first-order valence-corrected chi connectivity index (χ1v) is 11.6. The van der Waals surface area contributed by atoms with Gasteiger partial charge in [-0.15, -0.1) is 11.8 Å². The van der Waals surface area contributed by atoms with Gasteiger partial charge in [0.25, 0.3) is 0 Å². The summed E-state index contributed by atoms with van der Waals surface area (Å²) < 4.78 is 1.64. The Morgan fingerprint density at radius 2 is 2.25 bits per heavy atom. The number of halogens is 2. The third-order valence-electron chi connectivity index (χ3n) is 4.72. The first-order valence-electron chi connectivity index (χ1n) is 8.62. The second kappa shape index (κ2) is 9.47. The summed E-state index contributed by atoms with van der Waals surface area (Å²) in [5, 5.41) is 12.7. The standard InChI is InChI=1S/C18H19BrClN3O3S2/c1-23(18(26)22-17-21-8-16(28-17)27-9-15(24)25)12-4-2-10(6-12)11-3-5-13(19)14(20)7-11/h3,5,7-8,10,12H,2,4,6,9H2,1H3,(H,24,25)(H,21,22,26). The van der Waals surface area contributed by atoms with Gasteiger partial charge in [-0.2, -0.15) is 0 Å². The van der Waals surface area contributed by atoms with Crippen molar-refractivity contribution in [3.05, 3.63) is 39.5 Å². The van der Waals surface area contributed by atoms with Gasteiger partial charge < -0.3 is 10.0 Å². The molecule has 2 unspecified atom stereocenters. The van der Waals surface area contributed by atoms with Gasteiger partial charge in [-0.25, -0.2) is 9.78 Å². The van der Waals surface area contributed by atoms with Crippen LogP contribution in [0.5, 0.6) is 0 Å². The average Bonchev–Trinajstić information content (AvgIpc) is 3.31. The highest BCUT2D eigenvalue weighted by molar-refractivity contribution is 9.10. The van der Waals surface area contributed by atoms with E-state index >= 15 is 0 Å². The lowest BCUT2D eigenvalue weighted by atomic mass is 9.97. The van der Waals surface area contributed by atoms with E-state index in [9.17, 15) is 9.59 Å². The molecule has 1 fully saturated rings. The van der Waals surface area contributed by atoms with Crippen molar-refractivity contribution in [1.29, 1.82) is 0 Å². The summed E-state index contributed by atoms with van der Waals surface area (Å²) >= 11 is 12.1. The van der Waals surface area contributed by atoms with Crippen LogP contribution >= 0.6 is 50.6 Å². The van der Waals surface area contributed by atoms with Crippen LogP contribution in [0.1, 0.15) is 30.7 Å². The average molecular weight is 505 g/mol. The van der Waals surface area contributed by atoms with Gasteiger partial charge in [0, 0.05) is 17.6 Å². The zero-order valence-corrected chi connectivity index (χ0v) is 19.0. The molecule has 1 aliphatic carbocycles. The summed E-state index contributed by atoms with van der Waals surface area (Å²) in [5.41, 5.74) is 1.20. The summed E-state index contributed by atoms with van der Waals surface area (Å²) in [4.78, 5) is 29.1. The molecule has 2 N–H and O–H groups in total. The Balaban J connectivity index is 1.55. The molecule has 2 aromatic rings. The minimum absolute atomic E-state index is 0.0288. The number of thiazole rings is 1. The monoisotopic (exact) mass is 503 g/mol. The van der Waals surface area contributed by atoms with Gasteiger partial charge in [-0.1, -0.05) is 29.0 Å². The number of anilines is 1. The number of urea groups is 1. The highest BCUT2D eigenvalue weighted by atomic mass is 79.9. The minimum atomic E-state index is -0.883. The second-order valence-electron chi connectivity index (χ2n) is 6.55. The third-order valence-corrected chi connectivity index (χ3v) is 8.05. The van der Waals surface area contributed by atoms with Gasteiger partial charge in [0.2, 0.25) is 0 Å². The Morgan fingerprint density at radius 3 is 2.96 bits per heavy atom. The van der Waals surface area contributed by atoms with Crippen LogP contribution in [0.4, 0.5) is 9.93 Å². The molecule has 1 saturated carbocycles. The normalized spacial score (nSPS) is 18.8. The molecule has 3 rings (SSSR count). The number of nitrogens with one attached hydrogen (secondary N) is 1. The number of carboxylic acid groups (broad SMARTS) is 1. The number of carbonyl (C=O) groups excluding carboxylic acids is 1. The van der Waals surface area contributed by atoms with Crippen LogP contribution in [0.2, 0.25) is 5.02 Å². The molecule has 28 heavy (non-hydrogen) atoms. The summed E-state index contributed by atoms with van der Waals surface area (Å²) in [6, 6.07) is 5.97. The van der Waals surface area contributed by atoms with Crippen LogP contribution in [0.15, 0.2) is 33.1 Å². The molecule has 0 bridgehead atoms. The highest BCUT2D eigenvalue weighted by Crippen LogP contribution is 2.38. The van der Waals surface area contributed by atoms with Crippen LogP contribution in [0.25, 0.3) is 0 Å². The quantitative estimate of drug-likeness (QED) is 0.505. The van der Waals surface area contributed by atoms with Crippen LogP contribution in [-0.2, 0) is 4.79 Å². The number of benzene rings is 1. The van der Waals surface area contributed by atoms with E-state index in [1.165, 1.54) is 28.7 Å². The number of nitrogens with zero attached hydrogens (tertiary/aromatic N) is 2. The van der Waals surface area contributed by atoms with Crippen molar-refractivity contribution in [1.82, 2.24) is 9.88 Å². The smallest absolute Gasteiger partial charge is 0.323 e. The van der Waals surface area contributed by atoms with Gasteiger partial charge in [-0.05, 0) is 58.8 Å². The van der Waals surface area contributed by atoms with Gasteiger partial charge in [-0.3, -0.25) is 10.1 Å². The van der Waals surface area contributed by atoms with Crippen molar-refractivity contribution < 1.29 is 14.7 Å².